The summed E-state index contributed by atoms with van der Waals surface area (Å²) in [7, 11) is 0. The smallest absolute Gasteiger partial charge is 0.254 e. The van der Waals surface area contributed by atoms with Crippen molar-refractivity contribution >= 4 is 23.2 Å². The zero-order valence-corrected chi connectivity index (χ0v) is 17.1. The van der Waals surface area contributed by atoms with E-state index in [1.165, 1.54) is 6.07 Å². The van der Waals surface area contributed by atoms with Gasteiger partial charge in [-0.3, -0.25) is 9.69 Å². The molecular weight excluding hydrogens is 389 g/mol. The van der Waals surface area contributed by atoms with Crippen molar-refractivity contribution in [2.75, 3.05) is 38.0 Å². The molecule has 6 heteroatoms. The Bertz CT molecular complexity index is 950. The number of anilines is 1. The van der Waals surface area contributed by atoms with Crippen LogP contribution in [0.1, 0.15) is 40.2 Å². The number of piperazine rings is 1. The number of amides is 1. The van der Waals surface area contributed by atoms with Crippen molar-refractivity contribution in [1.29, 1.82) is 0 Å². The van der Waals surface area contributed by atoms with Gasteiger partial charge in [0.25, 0.3) is 5.91 Å². The van der Waals surface area contributed by atoms with Crippen molar-refractivity contribution in [3.05, 3.63) is 63.9 Å². The number of benzene rings is 2. The molecule has 2 saturated heterocycles. The lowest BCUT2D eigenvalue weighted by Crippen LogP contribution is -2.57. The topological polar surface area (TPSA) is 35.6 Å². The first-order valence-corrected chi connectivity index (χ1v) is 10.8. The lowest BCUT2D eigenvalue weighted by Gasteiger charge is -2.46. The van der Waals surface area contributed by atoms with E-state index in [-0.39, 0.29) is 16.7 Å². The quantitative estimate of drug-likeness (QED) is 0.803. The number of nitrogens with zero attached hydrogens (tertiary/aromatic N) is 2. The van der Waals surface area contributed by atoms with Gasteiger partial charge in [0, 0.05) is 50.0 Å². The molecule has 2 aromatic carbocycles. The second-order valence-electron chi connectivity index (χ2n) is 8.36. The van der Waals surface area contributed by atoms with Gasteiger partial charge in [0.1, 0.15) is 5.82 Å². The minimum absolute atomic E-state index is 0.164. The number of halogens is 2. The normalized spacial score (nSPS) is 24.0. The van der Waals surface area contributed by atoms with Crippen molar-refractivity contribution in [3.63, 3.8) is 0 Å². The van der Waals surface area contributed by atoms with E-state index in [1.807, 2.05) is 23.1 Å². The Balaban J connectivity index is 1.27. The summed E-state index contributed by atoms with van der Waals surface area (Å²) in [5, 5.41) is 3.56. The van der Waals surface area contributed by atoms with Gasteiger partial charge in [0.05, 0.1) is 5.02 Å². The molecule has 4 nitrogen and oxygen atoms in total. The van der Waals surface area contributed by atoms with Crippen LogP contribution in [0.2, 0.25) is 5.02 Å². The largest absolute Gasteiger partial charge is 0.384 e. The molecule has 0 spiro atoms. The fraction of sp³-hybridized carbons (Fsp3) is 0.435. The lowest BCUT2D eigenvalue weighted by atomic mass is 9.86. The molecule has 152 valence electrons. The van der Waals surface area contributed by atoms with E-state index in [0.29, 0.717) is 12.0 Å². The van der Waals surface area contributed by atoms with Crippen LogP contribution in [0, 0.1) is 5.82 Å². The van der Waals surface area contributed by atoms with Crippen LogP contribution >= 0.6 is 11.6 Å². The van der Waals surface area contributed by atoms with Crippen molar-refractivity contribution in [2.45, 2.75) is 31.2 Å². The molecule has 0 unspecified atom stereocenters. The Labute approximate surface area is 175 Å². The third-order valence-electron chi connectivity index (χ3n) is 6.71. The molecule has 0 aliphatic carbocycles. The average molecular weight is 414 g/mol. The van der Waals surface area contributed by atoms with E-state index in [2.05, 4.69) is 16.3 Å². The van der Waals surface area contributed by atoms with E-state index >= 15 is 0 Å². The lowest BCUT2D eigenvalue weighted by molar-refractivity contribution is 0.0328. The Morgan fingerprint density at radius 2 is 2.03 bits per heavy atom. The van der Waals surface area contributed by atoms with Gasteiger partial charge in [-0.2, -0.15) is 0 Å². The summed E-state index contributed by atoms with van der Waals surface area (Å²) in [5.74, 6) is 0.173. The van der Waals surface area contributed by atoms with Gasteiger partial charge >= 0.3 is 0 Å². The van der Waals surface area contributed by atoms with Crippen LogP contribution in [0.3, 0.4) is 0 Å². The molecular formula is C23H25ClFN3O. The number of nitrogens with one attached hydrogen (secondary N) is 1. The van der Waals surface area contributed by atoms with Crippen LogP contribution in [-0.2, 0) is 6.42 Å². The molecule has 3 aliphatic heterocycles. The van der Waals surface area contributed by atoms with Gasteiger partial charge in [-0.15, -0.1) is 0 Å². The van der Waals surface area contributed by atoms with Crippen molar-refractivity contribution in [3.8, 4) is 0 Å². The van der Waals surface area contributed by atoms with Crippen LogP contribution in [0.25, 0.3) is 0 Å². The maximum Gasteiger partial charge on any atom is 0.254 e. The van der Waals surface area contributed by atoms with Crippen LogP contribution < -0.4 is 5.32 Å². The van der Waals surface area contributed by atoms with Gasteiger partial charge in [-0.25, -0.2) is 4.39 Å². The molecule has 2 fully saturated rings. The molecule has 2 aromatic rings. The molecule has 0 bridgehead atoms. The highest BCUT2D eigenvalue weighted by molar-refractivity contribution is 6.30. The van der Waals surface area contributed by atoms with Crippen molar-refractivity contribution in [1.82, 2.24) is 9.80 Å². The second-order valence-corrected chi connectivity index (χ2v) is 8.76. The van der Waals surface area contributed by atoms with Gasteiger partial charge in [0.15, 0.2) is 0 Å². The molecule has 0 radical (unpaired) electrons. The first kappa shape index (κ1) is 18.9. The number of hydrogen-bond donors (Lipinski definition) is 1. The number of carbonyl (C=O) groups excluding carboxylic acids is 1. The molecule has 0 saturated carbocycles. The van der Waals surface area contributed by atoms with E-state index in [4.69, 9.17) is 11.6 Å². The standard InChI is InChI=1S/C23H25ClFN3O/c24-20-12-15(5-7-21(20)25)16-4-6-17-14-28(11-10-27(17)13-16)23(29)19-2-1-3-22-18(19)8-9-26-22/h1-3,5,7,12,16-17,26H,4,6,8-11,13-14H2/t16-,17+/m0/s1. The second kappa shape index (κ2) is 7.62. The van der Waals surface area contributed by atoms with Gasteiger partial charge in [-0.05, 0) is 60.6 Å². The zero-order valence-electron chi connectivity index (χ0n) is 16.3. The Morgan fingerprint density at radius 3 is 2.90 bits per heavy atom. The summed E-state index contributed by atoms with van der Waals surface area (Å²) in [6.45, 7) is 4.27. The highest BCUT2D eigenvalue weighted by atomic mass is 35.5. The SMILES string of the molecule is O=C(c1cccc2c1CCN2)N1CCN2C[C@@H](c3ccc(F)c(Cl)c3)CC[C@@H]2C1. The van der Waals surface area contributed by atoms with Gasteiger partial charge in [0.2, 0.25) is 0 Å². The molecule has 2 atom stereocenters. The third-order valence-corrected chi connectivity index (χ3v) is 7.00. The highest BCUT2D eigenvalue weighted by Crippen LogP contribution is 2.34. The van der Waals surface area contributed by atoms with E-state index < -0.39 is 0 Å². The molecule has 29 heavy (non-hydrogen) atoms. The predicted octanol–water partition coefficient (Wildman–Crippen LogP) is 4.15. The molecule has 1 amide bonds. The van der Waals surface area contributed by atoms with E-state index in [1.54, 1.807) is 6.07 Å². The fourth-order valence-corrected chi connectivity index (χ4v) is 5.30. The molecule has 0 aromatic heterocycles. The monoisotopic (exact) mass is 413 g/mol. The van der Waals surface area contributed by atoms with Gasteiger partial charge in [-0.1, -0.05) is 23.7 Å². The Hall–Kier alpha value is -2.11. The first-order chi connectivity index (χ1) is 14.1. The minimum Gasteiger partial charge on any atom is -0.384 e. The molecule has 1 N–H and O–H groups in total. The highest BCUT2D eigenvalue weighted by Gasteiger charge is 2.35. The number of carbonyl (C=O) groups is 1. The minimum atomic E-state index is -0.362. The number of hydrogen-bond acceptors (Lipinski definition) is 3. The number of fused-ring (bicyclic) bond motifs is 2. The predicted molar refractivity (Wildman–Crippen MR) is 113 cm³/mol. The van der Waals surface area contributed by atoms with E-state index in [9.17, 15) is 9.18 Å². The Morgan fingerprint density at radius 1 is 1.14 bits per heavy atom. The van der Waals surface area contributed by atoms with Crippen LogP contribution in [-0.4, -0.2) is 54.5 Å². The summed E-state index contributed by atoms with van der Waals surface area (Å²) < 4.78 is 13.5. The summed E-state index contributed by atoms with van der Waals surface area (Å²) in [6, 6.07) is 11.5. The van der Waals surface area contributed by atoms with E-state index in [0.717, 1.165) is 74.4 Å². The fourth-order valence-electron chi connectivity index (χ4n) is 5.11. The average Bonchev–Trinajstić information content (AvgIpc) is 3.23. The summed E-state index contributed by atoms with van der Waals surface area (Å²) in [5.41, 5.74) is 4.24. The number of piperidine rings is 1. The summed E-state index contributed by atoms with van der Waals surface area (Å²) >= 11 is 5.99. The maximum atomic E-state index is 13.5. The third kappa shape index (κ3) is 3.51. The maximum absolute atomic E-state index is 13.5. The molecule has 5 rings (SSSR count). The number of rotatable bonds is 2. The summed E-state index contributed by atoms with van der Waals surface area (Å²) in [6.07, 6.45) is 3.00. The van der Waals surface area contributed by atoms with Crippen LogP contribution in [0.5, 0.6) is 0 Å². The van der Waals surface area contributed by atoms with Crippen LogP contribution in [0.15, 0.2) is 36.4 Å². The molecule has 3 aliphatic rings. The first-order valence-electron chi connectivity index (χ1n) is 10.4. The van der Waals surface area contributed by atoms with Crippen molar-refractivity contribution in [2.24, 2.45) is 0 Å². The Kier molecular flexibility index (Phi) is 4.96. The molecule has 3 heterocycles. The zero-order chi connectivity index (χ0) is 20.0. The van der Waals surface area contributed by atoms with Crippen molar-refractivity contribution < 1.29 is 9.18 Å². The summed E-state index contributed by atoms with van der Waals surface area (Å²) in [4.78, 5) is 17.7. The van der Waals surface area contributed by atoms with Gasteiger partial charge < -0.3 is 10.2 Å². The van der Waals surface area contributed by atoms with Crippen LogP contribution in [0.4, 0.5) is 10.1 Å².